The first-order chi connectivity index (χ1) is 7.13. The van der Waals surface area contributed by atoms with Crippen LogP contribution in [0.5, 0.6) is 0 Å². The zero-order valence-electron chi connectivity index (χ0n) is 8.96. The van der Waals surface area contributed by atoms with Crippen LogP contribution in [-0.2, 0) is 0 Å². The second kappa shape index (κ2) is 6.23. The lowest BCUT2D eigenvalue weighted by Gasteiger charge is -2.10. The molecule has 0 aliphatic heterocycles. The van der Waals surface area contributed by atoms with Crippen LogP contribution in [0.3, 0.4) is 0 Å². The summed E-state index contributed by atoms with van der Waals surface area (Å²) in [5.41, 5.74) is 6.27. The summed E-state index contributed by atoms with van der Waals surface area (Å²) >= 11 is 5.30. The van der Waals surface area contributed by atoms with E-state index in [1.807, 2.05) is 17.8 Å². The number of hydrogen-bond donors (Lipinski definition) is 2. The number of nitrogens with two attached hydrogens (primary N) is 1. The average molecular weight is 290 g/mol. The smallest absolute Gasteiger partial charge is 0.140 e. The van der Waals surface area contributed by atoms with Gasteiger partial charge in [0.15, 0.2) is 0 Å². The summed E-state index contributed by atoms with van der Waals surface area (Å²) in [6, 6.07) is 1.85. The maximum Gasteiger partial charge on any atom is 0.140 e. The van der Waals surface area contributed by atoms with E-state index in [-0.39, 0.29) is 0 Å². The van der Waals surface area contributed by atoms with E-state index in [9.17, 15) is 0 Å². The number of hydrogen-bond acceptors (Lipinski definition) is 4. The summed E-state index contributed by atoms with van der Waals surface area (Å²) in [6.45, 7) is 3.15. The Labute approximate surface area is 103 Å². The van der Waals surface area contributed by atoms with Gasteiger partial charge in [-0.05, 0) is 34.7 Å². The van der Waals surface area contributed by atoms with Gasteiger partial charge in [0.1, 0.15) is 5.82 Å². The topological polar surface area (TPSA) is 50.9 Å². The highest BCUT2D eigenvalue weighted by Gasteiger charge is 2.02. The second-order valence-corrected chi connectivity index (χ2v) is 5.49. The molecule has 84 valence electrons. The van der Waals surface area contributed by atoms with Gasteiger partial charge in [0.2, 0.25) is 0 Å². The lowest BCUT2D eigenvalue weighted by molar-refractivity contribution is 0.849. The number of anilines is 2. The summed E-state index contributed by atoms with van der Waals surface area (Å²) in [4.78, 5) is 4.21. The first-order valence-electron chi connectivity index (χ1n) is 4.81. The molecular weight excluding hydrogens is 274 g/mol. The molecule has 1 aromatic heterocycles. The Hall–Kier alpha value is -0.420. The highest BCUT2D eigenvalue weighted by Crippen LogP contribution is 2.21. The van der Waals surface area contributed by atoms with Crippen molar-refractivity contribution in [2.45, 2.75) is 18.6 Å². The van der Waals surface area contributed by atoms with Gasteiger partial charge in [-0.15, -0.1) is 0 Å². The van der Waals surface area contributed by atoms with Gasteiger partial charge < -0.3 is 11.1 Å². The van der Waals surface area contributed by atoms with Crippen LogP contribution in [0.15, 0.2) is 16.7 Å². The molecule has 0 spiro atoms. The predicted molar refractivity (Wildman–Crippen MR) is 72.4 cm³/mol. The molecule has 15 heavy (non-hydrogen) atoms. The fraction of sp³-hybridized carbons (Fsp3) is 0.500. The molecule has 1 aromatic rings. The van der Waals surface area contributed by atoms with E-state index < -0.39 is 0 Å². The molecule has 3 N–H and O–H groups in total. The Morgan fingerprint density at radius 2 is 2.40 bits per heavy atom. The van der Waals surface area contributed by atoms with Gasteiger partial charge in [-0.3, -0.25) is 0 Å². The van der Waals surface area contributed by atoms with Crippen LogP contribution in [0, 0.1) is 0 Å². The lowest BCUT2D eigenvalue weighted by atomic mass is 10.3. The molecule has 0 saturated heterocycles. The molecule has 0 bridgehead atoms. The zero-order chi connectivity index (χ0) is 11.3. The Balaban J connectivity index is 2.44. The molecule has 0 aromatic carbocycles. The van der Waals surface area contributed by atoms with Crippen molar-refractivity contribution >= 4 is 39.2 Å². The number of pyridine rings is 1. The monoisotopic (exact) mass is 289 g/mol. The van der Waals surface area contributed by atoms with Gasteiger partial charge in [-0.1, -0.05) is 6.92 Å². The normalized spacial score (nSPS) is 12.5. The van der Waals surface area contributed by atoms with Crippen molar-refractivity contribution in [1.29, 1.82) is 0 Å². The fourth-order valence-corrected chi connectivity index (χ4v) is 1.95. The maximum atomic E-state index is 5.60. The van der Waals surface area contributed by atoms with Crippen molar-refractivity contribution < 1.29 is 0 Å². The Morgan fingerprint density at radius 3 is 3.00 bits per heavy atom. The first-order valence-corrected chi connectivity index (χ1v) is 6.89. The number of rotatable bonds is 5. The van der Waals surface area contributed by atoms with Crippen LogP contribution < -0.4 is 11.1 Å². The van der Waals surface area contributed by atoms with E-state index in [4.69, 9.17) is 5.73 Å². The number of nitrogen functional groups attached to an aromatic ring is 1. The summed E-state index contributed by atoms with van der Waals surface area (Å²) in [5, 5.41) is 3.95. The molecule has 0 saturated carbocycles. The third-order valence-electron chi connectivity index (χ3n) is 2.11. The lowest BCUT2D eigenvalue weighted by Crippen LogP contribution is -2.09. The van der Waals surface area contributed by atoms with Crippen molar-refractivity contribution in [2.24, 2.45) is 0 Å². The number of aromatic nitrogens is 1. The third-order valence-corrected chi connectivity index (χ3v) is 3.75. The van der Waals surface area contributed by atoms with Gasteiger partial charge >= 0.3 is 0 Å². The van der Waals surface area contributed by atoms with E-state index in [0.717, 1.165) is 23.3 Å². The van der Waals surface area contributed by atoms with Crippen molar-refractivity contribution in [3.05, 3.63) is 16.7 Å². The molecule has 0 aliphatic carbocycles. The summed E-state index contributed by atoms with van der Waals surface area (Å²) in [7, 11) is 0. The molecule has 3 nitrogen and oxygen atoms in total. The van der Waals surface area contributed by atoms with Crippen molar-refractivity contribution in [1.82, 2.24) is 4.98 Å². The van der Waals surface area contributed by atoms with Gasteiger partial charge in [0.25, 0.3) is 0 Å². The van der Waals surface area contributed by atoms with Gasteiger partial charge in [-0.25, -0.2) is 4.98 Å². The van der Waals surface area contributed by atoms with Crippen LogP contribution >= 0.6 is 27.7 Å². The molecule has 0 radical (unpaired) electrons. The first kappa shape index (κ1) is 12.6. The van der Waals surface area contributed by atoms with Crippen molar-refractivity contribution in [3.63, 3.8) is 0 Å². The molecule has 1 unspecified atom stereocenters. The molecular formula is C10H16BrN3S. The standard InChI is InChI=1S/C10H16BrN3S/c1-7(15-2)3-4-13-10-9(11)5-8(12)6-14-10/h5-7H,3-4,12H2,1-2H3,(H,13,14). The summed E-state index contributed by atoms with van der Waals surface area (Å²) < 4.78 is 0.916. The van der Waals surface area contributed by atoms with Crippen molar-refractivity contribution in [3.8, 4) is 0 Å². The molecule has 0 fully saturated rings. The third kappa shape index (κ3) is 4.30. The summed E-state index contributed by atoms with van der Waals surface area (Å²) in [5.74, 6) is 0.859. The Morgan fingerprint density at radius 1 is 1.67 bits per heavy atom. The molecule has 1 atom stereocenters. The number of halogens is 1. The number of nitrogens with zero attached hydrogens (tertiary/aromatic N) is 1. The SMILES string of the molecule is CSC(C)CCNc1ncc(N)cc1Br. The summed E-state index contributed by atoms with van der Waals surface area (Å²) in [6.07, 6.45) is 4.91. The van der Waals surface area contributed by atoms with Crippen LogP contribution in [0.4, 0.5) is 11.5 Å². The molecule has 1 heterocycles. The van der Waals surface area contributed by atoms with E-state index in [0.29, 0.717) is 10.9 Å². The number of thioether (sulfide) groups is 1. The fourth-order valence-electron chi connectivity index (χ4n) is 1.09. The zero-order valence-corrected chi connectivity index (χ0v) is 11.4. The van der Waals surface area contributed by atoms with E-state index in [1.54, 1.807) is 6.20 Å². The molecule has 5 heteroatoms. The molecule has 1 rings (SSSR count). The highest BCUT2D eigenvalue weighted by atomic mass is 79.9. The van der Waals surface area contributed by atoms with Crippen LogP contribution in [-0.4, -0.2) is 23.0 Å². The van der Waals surface area contributed by atoms with Crippen molar-refractivity contribution in [2.75, 3.05) is 23.9 Å². The number of nitrogens with one attached hydrogen (secondary N) is 1. The average Bonchev–Trinajstić information content (AvgIpc) is 2.21. The Bertz CT molecular complexity index is 320. The minimum atomic E-state index is 0.671. The minimum Gasteiger partial charge on any atom is -0.397 e. The molecule has 0 aliphatic rings. The van der Waals surface area contributed by atoms with Gasteiger partial charge in [0, 0.05) is 11.8 Å². The van der Waals surface area contributed by atoms with Crippen LogP contribution in [0.25, 0.3) is 0 Å². The van der Waals surface area contributed by atoms with E-state index >= 15 is 0 Å². The highest BCUT2D eigenvalue weighted by molar-refractivity contribution is 9.10. The van der Waals surface area contributed by atoms with Gasteiger partial charge in [-0.2, -0.15) is 11.8 Å². The quantitative estimate of drug-likeness (QED) is 0.875. The van der Waals surface area contributed by atoms with E-state index in [1.165, 1.54) is 0 Å². The largest absolute Gasteiger partial charge is 0.397 e. The van der Waals surface area contributed by atoms with Crippen LogP contribution in [0.1, 0.15) is 13.3 Å². The molecule has 0 amide bonds. The maximum absolute atomic E-state index is 5.60. The van der Waals surface area contributed by atoms with Gasteiger partial charge in [0.05, 0.1) is 16.4 Å². The predicted octanol–water partition coefficient (Wildman–Crippen LogP) is 2.98. The van der Waals surface area contributed by atoms with Crippen LogP contribution in [0.2, 0.25) is 0 Å². The van der Waals surface area contributed by atoms with E-state index in [2.05, 4.69) is 39.4 Å². The second-order valence-electron chi connectivity index (χ2n) is 3.36. The Kier molecular flexibility index (Phi) is 5.25. The minimum absolute atomic E-state index is 0.671.